The summed E-state index contributed by atoms with van der Waals surface area (Å²) in [4.78, 5) is 26.7. The van der Waals surface area contributed by atoms with E-state index in [9.17, 15) is 9.59 Å². The van der Waals surface area contributed by atoms with Crippen molar-refractivity contribution in [2.45, 2.75) is 12.1 Å². The highest BCUT2D eigenvalue weighted by atomic mass is 16.5. The molecule has 1 fully saturated rings. The zero-order valence-corrected chi connectivity index (χ0v) is 15.2. The van der Waals surface area contributed by atoms with Gasteiger partial charge in [0, 0.05) is 5.69 Å². The molecule has 0 saturated carbocycles. The van der Waals surface area contributed by atoms with Crippen LogP contribution in [0, 0.1) is 5.92 Å². The Morgan fingerprint density at radius 1 is 1.00 bits per heavy atom. The van der Waals surface area contributed by atoms with E-state index in [2.05, 4.69) is 24.3 Å². The molecule has 2 aromatic rings. The second-order valence-electron chi connectivity index (χ2n) is 7.03. The number of carbonyl (C=O) groups excluding carboxylic acids is 2. The van der Waals surface area contributed by atoms with Crippen LogP contribution in [-0.2, 0) is 20.7 Å². The monoisotopic (exact) mass is 357 g/mol. The van der Waals surface area contributed by atoms with Crippen LogP contribution in [0.5, 0.6) is 0 Å². The van der Waals surface area contributed by atoms with Gasteiger partial charge >= 0.3 is 0 Å². The summed E-state index contributed by atoms with van der Waals surface area (Å²) in [5, 5.41) is 0. The summed E-state index contributed by atoms with van der Waals surface area (Å²) >= 11 is 0. The number of ketones is 1. The molecule has 1 aliphatic carbocycles. The number of anilines is 1. The van der Waals surface area contributed by atoms with Crippen LogP contribution < -0.4 is 10.4 Å². The van der Waals surface area contributed by atoms with Crippen molar-refractivity contribution in [2.24, 2.45) is 5.92 Å². The van der Waals surface area contributed by atoms with E-state index in [4.69, 9.17) is 4.74 Å². The molecule has 5 heteroatoms. The lowest BCUT2D eigenvalue weighted by molar-refractivity contribution is -0.138. The standard InChI is InChI=1S/C22H20BNO3/c23-18-8-6-16(7-9-18)14-17-15-27-22(12-10-20(25)11-13-22)24(21(17)26)19-4-2-1-3-5-19/h1-13,17H,14-15,23H2. The predicted molar refractivity (Wildman–Crippen MR) is 108 cm³/mol. The van der Waals surface area contributed by atoms with Crippen molar-refractivity contribution in [3.05, 3.63) is 84.5 Å². The normalized spacial score (nSPS) is 21.0. The van der Waals surface area contributed by atoms with E-state index in [0.717, 1.165) is 11.3 Å². The van der Waals surface area contributed by atoms with Crippen molar-refractivity contribution in [1.82, 2.24) is 0 Å². The van der Waals surface area contributed by atoms with Gasteiger partial charge in [-0.2, -0.15) is 0 Å². The van der Waals surface area contributed by atoms with Gasteiger partial charge in [-0.1, -0.05) is 47.9 Å². The first-order valence-corrected chi connectivity index (χ1v) is 9.08. The minimum atomic E-state index is -1.05. The Morgan fingerprint density at radius 3 is 2.33 bits per heavy atom. The average molecular weight is 357 g/mol. The molecule has 0 N–H and O–H groups in total. The summed E-state index contributed by atoms with van der Waals surface area (Å²) in [7, 11) is 2.04. The molecule has 4 nitrogen and oxygen atoms in total. The maximum Gasteiger partial charge on any atom is 0.235 e. The summed E-state index contributed by atoms with van der Waals surface area (Å²) in [6.45, 7) is 0.304. The fourth-order valence-electron chi connectivity index (χ4n) is 3.55. The van der Waals surface area contributed by atoms with Crippen LogP contribution in [0.25, 0.3) is 0 Å². The molecular weight excluding hydrogens is 337 g/mol. The Labute approximate surface area is 159 Å². The van der Waals surface area contributed by atoms with Crippen LogP contribution in [0.2, 0.25) is 0 Å². The first-order valence-electron chi connectivity index (χ1n) is 9.08. The second-order valence-corrected chi connectivity index (χ2v) is 7.03. The molecule has 1 saturated heterocycles. The van der Waals surface area contributed by atoms with Gasteiger partial charge in [-0.05, 0) is 48.4 Å². The van der Waals surface area contributed by atoms with Crippen molar-refractivity contribution in [1.29, 1.82) is 0 Å². The van der Waals surface area contributed by atoms with Crippen LogP contribution in [-0.4, -0.2) is 31.9 Å². The molecule has 1 spiro atoms. The first-order chi connectivity index (χ1) is 13.1. The largest absolute Gasteiger partial charge is 0.347 e. The highest BCUT2D eigenvalue weighted by molar-refractivity contribution is 6.32. The van der Waals surface area contributed by atoms with Crippen molar-refractivity contribution < 1.29 is 14.3 Å². The summed E-state index contributed by atoms with van der Waals surface area (Å²) < 4.78 is 6.18. The Bertz CT molecular complexity index is 902. The quantitative estimate of drug-likeness (QED) is 0.784. The van der Waals surface area contributed by atoms with Gasteiger partial charge < -0.3 is 4.74 Å². The van der Waals surface area contributed by atoms with E-state index in [1.165, 1.54) is 17.6 Å². The minimum absolute atomic E-state index is 0.00308. The summed E-state index contributed by atoms with van der Waals surface area (Å²) in [5.74, 6) is -0.388. The van der Waals surface area contributed by atoms with Gasteiger partial charge in [-0.3, -0.25) is 14.5 Å². The lowest BCUT2D eigenvalue weighted by Crippen LogP contribution is -2.60. The number of ether oxygens (including phenoxy) is 1. The molecule has 0 aromatic heterocycles. The molecule has 4 rings (SSSR count). The number of hydrogen-bond acceptors (Lipinski definition) is 3. The Balaban J connectivity index is 1.68. The molecule has 2 aromatic carbocycles. The summed E-state index contributed by atoms with van der Waals surface area (Å²) in [6.07, 6.45) is 6.88. The maximum absolute atomic E-state index is 13.4. The van der Waals surface area contributed by atoms with Crippen LogP contribution in [0.4, 0.5) is 5.69 Å². The highest BCUT2D eigenvalue weighted by Crippen LogP contribution is 2.36. The van der Waals surface area contributed by atoms with Crippen molar-refractivity contribution in [2.75, 3.05) is 11.5 Å². The van der Waals surface area contributed by atoms with Crippen molar-refractivity contribution in [3.63, 3.8) is 0 Å². The molecule has 0 radical (unpaired) electrons. The average Bonchev–Trinajstić information content (AvgIpc) is 2.69. The van der Waals surface area contributed by atoms with Gasteiger partial charge in [0.25, 0.3) is 0 Å². The molecule has 134 valence electrons. The number of hydrogen-bond donors (Lipinski definition) is 0. The van der Waals surface area contributed by atoms with Gasteiger partial charge in [0.15, 0.2) is 11.5 Å². The Hall–Kier alpha value is -2.92. The van der Waals surface area contributed by atoms with Gasteiger partial charge in [-0.15, -0.1) is 0 Å². The molecule has 1 amide bonds. The van der Waals surface area contributed by atoms with Crippen LogP contribution in [0.15, 0.2) is 78.9 Å². The topological polar surface area (TPSA) is 46.6 Å². The van der Waals surface area contributed by atoms with Gasteiger partial charge in [0.1, 0.15) is 7.85 Å². The summed E-state index contributed by atoms with van der Waals surface area (Å²) in [5.41, 5.74) is 2.00. The number of carbonyl (C=O) groups is 2. The van der Waals surface area contributed by atoms with Gasteiger partial charge in [0.05, 0.1) is 12.5 Å². The number of rotatable bonds is 3. The first kappa shape index (κ1) is 17.5. The van der Waals surface area contributed by atoms with Gasteiger partial charge in [-0.25, -0.2) is 0 Å². The second kappa shape index (κ2) is 7.01. The van der Waals surface area contributed by atoms with E-state index >= 15 is 0 Å². The highest BCUT2D eigenvalue weighted by Gasteiger charge is 2.46. The number of benzene rings is 2. The summed E-state index contributed by atoms with van der Waals surface area (Å²) in [6, 6.07) is 17.7. The number of amides is 1. The SMILES string of the molecule is Bc1ccc(CC2COC3(C=CC(=O)C=C3)N(c3ccccc3)C2=O)cc1. The van der Waals surface area contributed by atoms with Crippen molar-refractivity contribution in [3.8, 4) is 0 Å². The fourth-order valence-corrected chi connectivity index (χ4v) is 3.55. The van der Waals surface area contributed by atoms with E-state index in [-0.39, 0.29) is 17.6 Å². The zero-order valence-electron chi connectivity index (χ0n) is 15.2. The number of para-hydroxylation sites is 1. The van der Waals surface area contributed by atoms with Crippen LogP contribution >= 0.6 is 0 Å². The third-order valence-corrected chi connectivity index (χ3v) is 5.02. The minimum Gasteiger partial charge on any atom is -0.347 e. The molecule has 1 atom stereocenters. The van der Waals surface area contributed by atoms with E-state index in [1.54, 1.807) is 17.1 Å². The fraction of sp³-hybridized carbons (Fsp3) is 0.182. The zero-order chi connectivity index (χ0) is 18.9. The van der Waals surface area contributed by atoms with E-state index < -0.39 is 5.72 Å². The molecule has 1 unspecified atom stereocenters. The Morgan fingerprint density at radius 2 is 1.67 bits per heavy atom. The molecule has 27 heavy (non-hydrogen) atoms. The van der Waals surface area contributed by atoms with E-state index in [1.807, 2.05) is 38.2 Å². The lowest BCUT2D eigenvalue weighted by Gasteiger charge is -2.46. The van der Waals surface area contributed by atoms with Gasteiger partial charge in [0.2, 0.25) is 5.91 Å². The predicted octanol–water partition coefficient (Wildman–Crippen LogP) is 1.56. The molecule has 0 bridgehead atoms. The number of nitrogens with zero attached hydrogens (tertiary/aromatic N) is 1. The molecular formula is C22H20BNO3. The third-order valence-electron chi connectivity index (χ3n) is 5.02. The lowest BCUT2D eigenvalue weighted by atomic mass is 9.90. The maximum atomic E-state index is 13.4. The van der Waals surface area contributed by atoms with Crippen LogP contribution in [0.3, 0.4) is 0 Å². The third kappa shape index (κ3) is 3.38. The van der Waals surface area contributed by atoms with Crippen LogP contribution in [0.1, 0.15) is 5.56 Å². The smallest absolute Gasteiger partial charge is 0.235 e. The number of allylic oxidation sites excluding steroid dienone is 2. The molecule has 1 heterocycles. The molecule has 2 aliphatic rings. The molecule has 1 aliphatic heterocycles. The van der Waals surface area contributed by atoms with E-state index in [0.29, 0.717) is 13.0 Å². The van der Waals surface area contributed by atoms with Crippen molar-refractivity contribution >= 4 is 30.7 Å². The Kier molecular flexibility index (Phi) is 4.54.